The highest BCUT2D eigenvalue weighted by Crippen LogP contribution is 2.41. The molecular weight excluding hydrogens is 458 g/mol. The van der Waals surface area contributed by atoms with Crippen molar-refractivity contribution >= 4 is 17.3 Å². The summed E-state index contributed by atoms with van der Waals surface area (Å²) >= 11 is 0. The SMILES string of the molecule is CN1CCN(C(=O)C2=CC=CC3C2=Nc2ccccc2C3NC2CCN(Cc3ccccc3)CC2)CC1. The first-order valence-corrected chi connectivity index (χ1v) is 13.7. The molecule has 2 aromatic carbocycles. The van der Waals surface area contributed by atoms with Crippen molar-refractivity contribution in [2.45, 2.75) is 31.5 Å². The highest BCUT2D eigenvalue weighted by Gasteiger charge is 2.38. The number of nitrogens with one attached hydrogen (secondary N) is 1. The van der Waals surface area contributed by atoms with E-state index in [1.807, 2.05) is 17.0 Å². The number of hydrogen-bond acceptors (Lipinski definition) is 5. The fourth-order valence-corrected chi connectivity index (χ4v) is 6.11. The van der Waals surface area contributed by atoms with E-state index in [0.29, 0.717) is 6.04 Å². The normalized spacial score (nSPS) is 24.7. The third-order valence-electron chi connectivity index (χ3n) is 8.32. The van der Waals surface area contributed by atoms with Crippen LogP contribution in [0.25, 0.3) is 0 Å². The first-order valence-electron chi connectivity index (χ1n) is 13.7. The Bertz CT molecular complexity index is 1200. The van der Waals surface area contributed by atoms with E-state index >= 15 is 0 Å². The number of carbonyl (C=O) groups is 1. The molecule has 37 heavy (non-hydrogen) atoms. The van der Waals surface area contributed by atoms with Crippen LogP contribution in [0.5, 0.6) is 0 Å². The second-order valence-corrected chi connectivity index (χ2v) is 10.8. The lowest BCUT2D eigenvalue weighted by Crippen LogP contribution is -2.50. The molecule has 6 rings (SSSR count). The van der Waals surface area contributed by atoms with Crippen LogP contribution in [0.15, 0.2) is 83.4 Å². The predicted octanol–water partition coefficient (Wildman–Crippen LogP) is 3.95. The van der Waals surface area contributed by atoms with Crippen LogP contribution >= 0.6 is 0 Å². The first kappa shape index (κ1) is 24.3. The Kier molecular flexibility index (Phi) is 7.05. The summed E-state index contributed by atoms with van der Waals surface area (Å²) < 4.78 is 0. The van der Waals surface area contributed by atoms with Gasteiger partial charge in [0, 0.05) is 50.7 Å². The Hall–Kier alpha value is -3.06. The molecule has 192 valence electrons. The summed E-state index contributed by atoms with van der Waals surface area (Å²) in [6, 6.07) is 19.8. The number of para-hydroxylation sites is 1. The third-order valence-corrected chi connectivity index (χ3v) is 8.32. The van der Waals surface area contributed by atoms with E-state index in [2.05, 4.69) is 82.8 Å². The molecule has 2 saturated heterocycles. The van der Waals surface area contributed by atoms with Gasteiger partial charge in [-0.15, -0.1) is 0 Å². The third kappa shape index (κ3) is 5.19. The van der Waals surface area contributed by atoms with Gasteiger partial charge in [-0.3, -0.25) is 14.7 Å². The standard InChI is InChI=1S/C31H37N5O/c1-34-18-20-36(21-19-34)31(37)27-12-7-11-26-29(25-10-5-6-13-28(25)33-30(26)27)32-24-14-16-35(17-15-24)22-23-8-3-2-4-9-23/h2-13,24,26,29,32H,14-22H2,1H3. The average Bonchev–Trinajstić information content (AvgIpc) is 2.94. The van der Waals surface area contributed by atoms with Gasteiger partial charge in [0.1, 0.15) is 0 Å². The Morgan fingerprint density at radius 2 is 1.68 bits per heavy atom. The van der Waals surface area contributed by atoms with Gasteiger partial charge in [0.2, 0.25) is 0 Å². The van der Waals surface area contributed by atoms with Crippen LogP contribution in [0.4, 0.5) is 5.69 Å². The predicted molar refractivity (Wildman–Crippen MR) is 149 cm³/mol. The fraction of sp³-hybridized carbons (Fsp3) is 0.419. The monoisotopic (exact) mass is 495 g/mol. The van der Waals surface area contributed by atoms with E-state index in [0.717, 1.165) is 75.6 Å². The van der Waals surface area contributed by atoms with Crippen LogP contribution in [-0.2, 0) is 11.3 Å². The summed E-state index contributed by atoms with van der Waals surface area (Å²) in [6.07, 6.45) is 8.52. The number of hydrogen-bond donors (Lipinski definition) is 1. The molecule has 0 spiro atoms. The average molecular weight is 496 g/mol. The largest absolute Gasteiger partial charge is 0.336 e. The Labute approximate surface area is 220 Å². The van der Waals surface area contributed by atoms with Crippen LogP contribution in [0.1, 0.15) is 30.0 Å². The minimum absolute atomic E-state index is 0.0636. The van der Waals surface area contributed by atoms with E-state index in [1.165, 1.54) is 11.1 Å². The lowest BCUT2D eigenvalue weighted by Gasteiger charge is -2.40. The number of likely N-dealkylation sites (N-methyl/N-ethyl adjacent to an activating group) is 1. The van der Waals surface area contributed by atoms with Crippen molar-refractivity contribution in [1.82, 2.24) is 20.0 Å². The maximum atomic E-state index is 13.6. The minimum atomic E-state index is 0.0636. The van der Waals surface area contributed by atoms with Gasteiger partial charge in [-0.2, -0.15) is 0 Å². The molecule has 0 radical (unpaired) electrons. The van der Waals surface area contributed by atoms with Crippen molar-refractivity contribution in [3.8, 4) is 0 Å². The van der Waals surface area contributed by atoms with Gasteiger partial charge in [-0.25, -0.2) is 0 Å². The van der Waals surface area contributed by atoms with Crippen molar-refractivity contribution in [2.24, 2.45) is 10.9 Å². The molecule has 6 heteroatoms. The van der Waals surface area contributed by atoms with Gasteiger partial charge in [0.15, 0.2) is 0 Å². The molecule has 4 aliphatic rings. The molecule has 2 fully saturated rings. The number of amides is 1. The second-order valence-electron chi connectivity index (χ2n) is 10.8. The lowest BCUT2D eigenvalue weighted by atomic mass is 9.79. The zero-order valence-corrected chi connectivity index (χ0v) is 21.7. The second kappa shape index (κ2) is 10.7. The highest BCUT2D eigenvalue weighted by molar-refractivity contribution is 6.24. The molecule has 3 heterocycles. The van der Waals surface area contributed by atoms with Gasteiger partial charge in [-0.05, 0) is 56.2 Å². The summed E-state index contributed by atoms with van der Waals surface area (Å²) in [5.74, 6) is 0.183. The fourth-order valence-electron chi connectivity index (χ4n) is 6.11. The molecule has 0 saturated carbocycles. The number of benzene rings is 2. The van der Waals surface area contributed by atoms with E-state index < -0.39 is 0 Å². The van der Waals surface area contributed by atoms with E-state index in [1.54, 1.807) is 0 Å². The van der Waals surface area contributed by atoms with E-state index in [-0.39, 0.29) is 17.9 Å². The molecule has 1 aliphatic carbocycles. The number of fused-ring (bicyclic) bond motifs is 2. The molecule has 6 nitrogen and oxygen atoms in total. The van der Waals surface area contributed by atoms with Gasteiger partial charge in [0.25, 0.3) is 5.91 Å². The molecule has 2 unspecified atom stereocenters. The van der Waals surface area contributed by atoms with Crippen LogP contribution in [0.2, 0.25) is 0 Å². The van der Waals surface area contributed by atoms with Crippen molar-refractivity contribution in [2.75, 3.05) is 46.3 Å². The molecule has 0 bridgehead atoms. The van der Waals surface area contributed by atoms with Gasteiger partial charge in [-0.1, -0.05) is 60.7 Å². The summed E-state index contributed by atoms with van der Waals surface area (Å²) in [4.78, 5) is 25.5. The maximum absolute atomic E-state index is 13.6. The molecule has 0 aromatic heterocycles. The summed E-state index contributed by atoms with van der Waals surface area (Å²) in [5, 5.41) is 4.02. The summed E-state index contributed by atoms with van der Waals surface area (Å²) in [5.41, 5.74) is 5.29. The number of aliphatic imine (C=N–C) groups is 1. The summed E-state index contributed by atoms with van der Waals surface area (Å²) in [6.45, 7) is 6.58. The molecule has 3 aliphatic heterocycles. The minimum Gasteiger partial charge on any atom is -0.336 e. The van der Waals surface area contributed by atoms with Gasteiger partial charge < -0.3 is 15.1 Å². The summed E-state index contributed by atoms with van der Waals surface area (Å²) in [7, 11) is 2.12. The van der Waals surface area contributed by atoms with E-state index in [4.69, 9.17) is 4.99 Å². The van der Waals surface area contributed by atoms with Crippen LogP contribution < -0.4 is 5.32 Å². The molecule has 2 aromatic rings. The van der Waals surface area contributed by atoms with Crippen molar-refractivity contribution in [3.63, 3.8) is 0 Å². The number of nitrogens with zero attached hydrogens (tertiary/aromatic N) is 4. The molecule has 2 atom stereocenters. The first-order chi connectivity index (χ1) is 18.2. The number of piperazine rings is 1. The van der Waals surface area contributed by atoms with Crippen molar-refractivity contribution < 1.29 is 4.79 Å². The zero-order chi connectivity index (χ0) is 25.2. The van der Waals surface area contributed by atoms with E-state index in [9.17, 15) is 4.79 Å². The zero-order valence-electron chi connectivity index (χ0n) is 21.7. The number of carbonyl (C=O) groups excluding carboxylic acids is 1. The van der Waals surface area contributed by atoms with Crippen LogP contribution in [0, 0.1) is 5.92 Å². The lowest BCUT2D eigenvalue weighted by molar-refractivity contribution is -0.128. The van der Waals surface area contributed by atoms with Gasteiger partial charge >= 0.3 is 0 Å². The quantitative estimate of drug-likeness (QED) is 0.683. The Morgan fingerprint density at radius 1 is 0.946 bits per heavy atom. The number of rotatable bonds is 5. The van der Waals surface area contributed by atoms with Crippen LogP contribution in [0.3, 0.4) is 0 Å². The molecule has 1 N–H and O–H groups in total. The molecule has 1 amide bonds. The van der Waals surface area contributed by atoms with Gasteiger partial charge in [0.05, 0.1) is 17.0 Å². The maximum Gasteiger partial charge on any atom is 0.255 e. The topological polar surface area (TPSA) is 51.2 Å². The highest BCUT2D eigenvalue weighted by atomic mass is 16.2. The van der Waals surface area contributed by atoms with Crippen molar-refractivity contribution in [1.29, 1.82) is 0 Å². The number of piperidine rings is 1. The number of likely N-dealkylation sites (tertiary alicyclic amines) is 1. The molecular formula is C31H37N5O. The Morgan fingerprint density at radius 3 is 2.46 bits per heavy atom. The van der Waals surface area contributed by atoms with Crippen LogP contribution in [-0.4, -0.2) is 78.7 Å². The smallest absolute Gasteiger partial charge is 0.255 e. The number of allylic oxidation sites excluding steroid dienone is 2. The van der Waals surface area contributed by atoms with Crippen molar-refractivity contribution in [3.05, 3.63) is 89.5 Å². The Balaban J connectivity index is 1.18.